The van der Waals surface area contributed by atoms with E-state index in [1.807, 2.05) is 20.8 Å². The number of carbonyl (C=O) groups excluding carboxylic acids is 1. The van der Waals surface area contributed by atoms with Gasteiger partial charge in [0.05, 0.1) is 54.2 Å². The fraction of sp³-hybridized carbons (Fsp3) is 0.857. The van der Waals surface area contributed by atoms with E-state index in [0.717, 1.165) is 56.9 Å². The minimum atomic E-state index is -0.509. The van der Waals surface area contributed by atoms with Crippen molar-refractivity contribution in [2.45, 2.75) is 156 Å². The van der Waals surface area contributed by atoms with Crippen molar-refractivity contribution in [2.24, 2.45) is 29.1 Å². The van der Waals surface area contributed by atoms with Gasteiger partial charge in [-0.05, 0) is 87.7 Å². The van der Waals surface area contributed by atoms with Crippen LogP contribution in [0.3, 0.4) is 0 Å². The number of carbonyl (C=O) groups is 1. The zero-order valence-electron chi connectivity index (χ0n) is 27.2. The summed E-state index contributed by atoms with van der Waals surface area (Å²) in [5.41, 5.74) is 1.78. The van der Waals surface area contributed by atoms with Crippen LogP contribution in [0.15, 0.2) is 24.3 Å². The lowest BCUT2D eigenvalue weighted by atomic mass is 9.74. The Bertz CT molecular complexity index is 922. The maximum absolute atomic E-state index is 12.2. The molecule has 6 nitrogen and oxygen atoms in total. The van der Waals surface area contributed by atoms with Crippen LogP contribution in [-0.4, -0.2) is 61.4 Å². The number of ether oxygens (including phenoxy) is 5. The van der Waals surface area contributed by atoms with Crippen LogP contribution in [0.2, 0.25) is 0 Å². The molecule has 0 aromatic rings. The first-order chi connectivity index (χ1) is 19.3. The molecule has 0 N–H and O–H groups in total. The van der Waals surface area contributed by atoms with E-state index in [4.69, 9.17) is 23.7 Å². The predicted molar refractivity (Wildman–Crippen MR) is 163 cm³/mol. The van der Waals surface area contributed by atoms with Crippen molar-refractivity contribution in [1.29, 1.82) is 0 Å². The first-order valence-corrected chi connectivity index (χ1v) is 16.4. The van der Waals surface area contributed by atoms with E-state index in [0.29, 0.717) is 29.8 Å². The van der Waals surface area contributed by atoms with Crippen molar-refractivity contribution in [2.75, 3.05) is 6.61 Å². The summed E-state index contributed by atoms with van der Waals surface area (Å²) >= 11 is 0. The molecule has 2 unspecified atom stereocenters. The Morgan fingerprint density at radius 3 is 2.27 bits per heavy atom. The van der Waals surface area contributed by atoms with E-state index in [1.54, 1.807) is 0 Å². The SMILES string of the molecule is C=C1C[C@H](COC(=O)C(C)(C)C)OC1CC[C@H]1C[C@@H](C)C(=C)C(C[C@@H]2O[C@H]3C[C@@H](C)[C@@H](CCC)O[C@H]3[C@H](C)[C@H]2C)O1. The van der Waals surface area contributed by atoms with Crippen LogP contribution in [0.25, 0.3) is 0 Å². The van der Waals surface area contributed by atoms with Crippen molar-refractivity contribution in [1.82, 2.24) is 0 Å². The zero-order chi connectivity index (χ0) is 30.1. The van der Waals surface area contributed by atoms with Crippen molar-refractivity contribution < 1.29 is 28.5 Å². The fourth-order valence-electron chi connectivity index (χ4n) is 7.30. The van der Waals surface area contributed by atoms with Crippen LogP contribution in [-0.2, 0) is 28.5 Å². The molecule has 12 atom stereocenters. The molecule has 234 valence electrons. The fourth-order valence-corrected chi connectivity index (χ4v) is 7.30. The van der Waals surface area contributed by atoms with Crippen LogP contribution in [0.4, 0.5) is 0 Å². The van der Waals surface area contributed by atoms with E-state index < -0.39 is 5.41 Å². The summed E-state index contributed by atoms with van der Waals surface area (Å²) in [6.45, 7) is 26.1. The van der Waals surface area contributed by atoms with E-state index in [1.165, 1.54) is 5.57 Å². The molecule has 0 bridgehead atoms. The second kappa shape index (κ2) is 13.6. The summed E-state index contributed by atoms with van der Waals surface area (Å²) in [7, 11) is 0. The summed E-state index contributed by atoms with van der Waals surface area (Å²) in [6, 6.07) is 0. The summed E-state index contributed by atoms with van der Waals surface area (Å²) in [5.74, 6) is 1.60. The predicted octanol–water partition coefficient (Wildman–Crippen LogP) is 7.44. The molecule has 41 heavy (non-hydrogen) atoms. The number of hydrogen-bond acceptors (Lipinski definition) is 6. The third kappa shape index (κ3) is 7.85. The molecule has 0 saturated carbocycles. The highest BCUT2D eigenvalue weighted by Gasteiger charge is 2.48. The molecule has 0 amide bonds. The summed E-state index contributed by atoms with van der Waals surface area (Å²) in [4.78, 5) is 12.2. The van der Waals surface area contributed by atoms with Crippen molar-refractivity contribution in [3.8, 4) is 0 Å². The van der Waals surface area contributed by atoms with Crippen molar-refractivity contribution in [3.63, 3.8) is 0 Å². The number of hydrogen-bond donors (Lipinski definition) is 0. The molecule has 0 radical (unpaired) electrons. The van der Waals surface area contributed by atoms with E-state index in [2.05, 4.69) is 47.8 Å². The standard InChI is InChI=1S/C35H58O6/c1-11-12-28-22(4)17-32-33(41-28)25(7)24(6)31(40-32)18-30-23(5)20(2)15-26(38-30)13-14-29-21(3)16-27(39-29)19-37-34(36)35(8,9)10/h20,22,24-33H,3,5,11-19H2,1-2,4,6-10H3/t20-,22-,24-,25-,26+,27-,28-,29?,30?,31+,32+,33+/m1/s1. The average Bonchev–Trinajstić information content (AvgIpc) is 3.26. The number of esters is 1. The Morgan fingerprint density at radius 1 is 0.878 bits per heavy atom. The molecule has 0 aromatic carbocycles. The molecule has 4 heterocycles. The molecule has 6 heteroatoms. The van der Waals surface area contributed by atoms with Gasteiger partial charge in [0.1, 0.15) is 6.61 Å². The van der Waals surface area contributed by atoms with Crippen LogP contribution in [0.1, 0.15) is 107 Å². The maximum atomic E-state index is 12.2. The first kappa shape index (κ1) is 32.7. The smallest absolute Gasteiger partial charge is 0.311 e. The highest BCUT2D eigenvalue weighted by Crippen LogP contribution is 2.44. The molecule has 4 saturated heterocycles. The number of rotatable bonds is 9. The van der Waals surface area contributed by atoms with Gasteiger partial charge in [-0.15, -0.1) is 0 Å². The molecule has 0 aliphatic carbocycles. The van der Waals surface area contributed by atoms with Gasteiger partial charge in [0.15, 0.2) is 0 Å². The van der Waals surface area contributed by atoms with Gasteiger partial charge < -0.3 is 23.7 Å². The van der Waals surface area contributed by atoms with Gasteiger partial charge in [-0.25, -0.2) is 0 Å². The Balaban J connectivity index is 1.29. The second-order valence-corrected chi connectivity index (χ2v) is 14.8. The Kier molecular flexibility index (Phi) is 10.9. The van der Waals surface area contributed by atoms with Crippen LogP contribution >= 0.6 is 0 Å². The van der Waals surface area contributed by atoms with Gasteiger partial charge in [0.2, 0.25) is 0 Å². The Morgan fingerprint density at radius 2 is 1.59 bits per heavy atom. The van der Waals surface area contributed by atoms with Gasteiger partial charge in [-0.3, -0.25) is 4.79 Å². The van der Waals surface area contributed by atoms with Gasteiger partial charge in [-0.1, -0.05) is 54.2 Å². The van der Waals surface area contributed by atoms with E-state index >= 15 is 0 Å². The number of fused-ring (bicyclic) bond motifs is 1. The van der Waals surface area contributed by atoms with Crippen LogP contribution < -0.4 is 0 Å². The van der Waals surface area contributed by atoms with Crippen LogP contribution in [0.5, 0.6) is 0 Å². The largest absolute Gasteiger partial charge is 0.463 e. The highest BCUT2D eigenvalue weighted by molar-refractivity contribution is 5.75. The molecule has 4 fully saturated rings. The summed E-state index contributed by atoms with van der Waals surface area (Å²) < 4.78 is 31.9. The third-order valence-corrected chi connectivity index (χ3v) is 10.3. The molecule has 4 aliphatic rings. The molecular weight excluding hydrogens is 516 g/mol. The lowest BCUT2D eigenvalue weighted by molar-refractivity contribution is -0.244. The summed E-state index contributed by atoms with van der Waals surface area (Å²) in [5, 5.41) is 0. The summed E-state index contributed by atoms with van der Waals surface area (Å²) in [6.07, 6.45) is 8.63. The molecule has 0 aromatic heterocycles. The zero-order valence-corrected chi connectivity index (χ0v) is 27.2. The monoisotopic (exact) mass is 574 g/mol. The van der Waals surface area contributed by atoms with Crippen LogP contribution in [0, 0.1) is 29.1 Å². The van der Waals surface area contributed by atoms with Crippen molar-refractivity contribution in [3.05, 3.63) is 24.3 Å². The topological polar surface area (TPSA) is 63.2 Å². The van der Waals surface area contributed by atoms with Gasteiger partial charge in [0, 0.05) is 12.8 Å². The Hall–Kier alpha value is -1.21. The third-order valence-electron chi connectivity index (χ3n) is 10.3. The minimum Gasteiger partial charge on any atom is -0.463 e. The molecule has 0 spiro atoms. The normalized spacial score (nSPS) is 41.8. The lowest BCUT2D eigenvalue weighted by Crippen LogP contribution is -2.56. The maximum Gasteiger partial charge on any atom is 0.311 e. The minimum absolute atomic E-state index is 0.00646. The lowest BCUT2D eigenvalue weighted by Gasteiger charge is -2.51. The van der Waals surface area contributed by atoms with Gasteiger partial charge in [-0.2, -0.15) is 0 Å². The Labute approximate surface area is 249 Å². The first-order valence-electron chi connectivity index (χ1n) is 16.4. The highest BCUT2D eigenvalue weighted by atomic mass is 16.6. The second-order valence-electron chi connectivity index (χ2n) is 14.8. The van der Waals surface area contributed by atoms with Crippen molar-refractivity contribution >= 4 is 5.97 Å². The molecule has 4 rings (SSSR count). The molecular formula is C35H58O6. The average molecular weight is 575 g/mol. The van der Waals surface area contributed by atoms with Gasteiger partial charge >= 0.3 is 5.97 Å². The molecule has 4 aliphatic heterocycles. The quantitative estimate of drug-likeness (QED) is 0.211. The van der Waals surface area contributed by atoms with E-state index in [-0.39, 0.29) is 55.3 Å². The van der Waals surface area contributed by atoms with Gasteiger partial charge in [0.25, 0.3) is 0 Å². The van der Waals surface area contributed by atoms with E-state index in [9.17, 15) is 4.79 Å².